The number of hydrogen-bond acceptors (Lipinski definition) is 2. The van der Waals surface area contributed by atoms with E-state index < -0.39 is 28.9 Å². The Bertz CT molecular complexity index is 464. The quantitative estimate of drug-likeness (QED) is 0.605. The topological polar surface area (TPSA) is 17.1 Å². The van der Waals surface area contributed by atoms with Crippen molar-refractivity contribution in [3.05, 3.63) is 35.1 Å². The predicted molar refractivity (Wildman–Crippen MR) is 61.2 cm³/mol. The van der Waals surface area contributed by atoms with Crippen LogP contribution in [0.1, 0.15) is 22.3 Å². The number of hydrogen-bond donors (Lipinski definition) is 0. The highest BCUT2D eigenvalue weighted by Crippen LogP contribution is 2.34. The van der Waals surface area contributed by atoms with E-state index in [0.717, 1.165) is 17.9 Å². The van der Waals surface area contributed by atoms with Crippen molar-refractivity contribution in [2.75, 3.05) is 11.5 Å². The molecule has 0 N–H and O–H groups in total. The third kappa shape index (κ3) is 2.53. The molecule has 0 bridgehead atoms. The van der Waals surface area contributed by atoms with Crippen LogP contribution in [0.2, 0.25) is 0 Å². The second-order valence-corrected chi connectivity index (χ2v) is 5.24. The van der Waals surface area contributed by atoms with Gasteiger partial charge < -0.3 is 0 Å². The molecule has 1 aliphatic rings. The molecule has 0 spiro atoms. The molecule has 0 saturated carbocycles. The fraction of sp³-hybridized carbons (Fsp3) is 0.417. The average molecular weight is 278 g/mol. The Hall–Kier alpha value is -1.04. The molecular formula is C12H10F4OS. The monoisotopic (exact) mass is 278 g/mol. The van der Waals surface area contributed by atoms with Gasteiger partial charge in [-0.3, -0.25) is 4.79 Å². The largest absolute Gasteiger partial charge is 0.419 e. The zero-order valence-corrected chi connectivity index (χ0v) is 10.1. The van der Waals surface area contributed by atoms with E-state index in [1.54, 1.807) is 11.8 Å². The van der Waals surface area contributed by atoms with Gasteiger partial charge in [-0.15, -0.1) is 0 Å². The first kappa shape index (κ1) is 13.4. The Morgan fingerprint density at radius 2 is 2.06 bits per heavy atom. The number of halogens is 4. The van der Waals surface area contributed by atoms with Gasteiger partial charge >= 0.3 is 6.18 Å². The van der Waals surface area contributed by atoms with Crippen molar-refractivity contribution in [1.82, 2.24) is 0 Å². The van der Waals surface area contributed by atoms with E-state index in [2.05, 4.69) is 0 Å². The number of Topliss-reactive ketones (excluding diaryl/α,β-unsaturated/α-hetero) is 1. The summed E-state index contributed by atoms with van der Waals surface area (Å²) in [4.78, 5) is 11.9. The average Bonchev–Trinajstić information content (AvgIpc) is 2.80. The van der Waals surface area contributed by atoms with Crippen molar-refractivity contribution in [3.8, 4) is 0 Å². The lowest BCUT2D eigenvalue weighted by Gasteiger charge is -2.12. The Morgan fingerprint density at radius 1 is 1.33 bits per heavy atom. The van der Waals surface area contributed by atoms with Gasteiger partial charge in [0.1, 0.15) is 5.82 Å². The summed E-state index contributed by atoms with van der Waals surface area (Å²) in [6.45, 7) is 0. The zero-order chi connectivity index (χ0) is 13.3. The molecule has 1 saturated heterocycles. The highest BCUT2D eigenvalue weighted by molar-refractivity contribution is 7.99. The number of benzene rings is 1. The summed E-state index contributed by atoms with van der Waals surface area (Å²) >= 11 is 1.56. The van der Waals surface area contributed by atoms with E-state index in [1.807, 2.05) is 0 Å². The minimum atomic E-state index is -4.77. The highest BCUT2D eigenvalue weighted by Gasteiger charge is 2.36. The first-order valence-corrected chi connectivity index (χ1v) is 6.54. The van der Waals surface area contributed by atoms with Gasteiger partial charge in [0.15, 0.2) is 5.78 Å². The summed E-state index contributed by atoms with van der Waals surface area (Å²) in [5.41, 5.74) is -1.82. The van der Waals surface area contributed by atoms with Crippen molar-refractivity contribution in [3.63, 3.8) is 0 Å². The lowest BCUT2D eigenvalue weighted by atomic mass is 9.95. The third-order valence-corrected chi connectivity index (χ3v) is 4.03. The molecule has 1 unspecified atom stereocenters. The molecule has 1 aromatic carbocycles. The van der Waals surface area contributed by atoms with E-state index in [9.17, 15) is 22.4 Å². The Kier molecular flexibility index (Phi) is 3.66. The second kappa shape index (κ2) is 4.91. The lowest BCUT2D eigenvalue weighted by molar-refractivity contribution is -0.140. The van der Waals surface area contributed by atoms with E-state index in [1.165, 1.54) is 0 Å². The molecule has 1 atom stereocenters. The predicted octanol–water partition coefficient (Wildman–Crippen LogP) is 3.78. The molecule has 1 nitrogen and oxygen atoms in total. The van der Waals surface area contributed by atoms with Crippen molar-refractivity contribution < 1.29 is 22.4 Å². The normalized spacial score (nSPS) is 20.1. The number of rotatable bonds is 2. The minimum absolute atomic E-state index is 0.368. The Morgan fingerprint density at radius 3 is 2.61 bits per heavy atom. The van der Waals surface area contributed by atoms with E-state index in [-0.39, 0.29) is 5.92 Å². The van der Waals surface area contributed by atoms with Crippen LogP contribution in [0, 0.1) is 11.7 Å². The molecule has 1 fully saturated rings. The van der Waals surface area contributed by atoms with Crippen LogP contribution in [-0.2, 0) is 6.18 Å². The van der Waals surface area contributed by atoms with Gasteiger partial charge in [-0.05, 0) is 24.3 Å². The SMILES string of the molecule is O=C(c1cccc(C(F)(F)F)c1F)C1CCSC1. The van der Waals surface area contributed by atoms with Crippen LogP contribution in [0.25, 0.3) is 0 Å². The number of thioether (sulfide) groups is 1. The molecule has 18 heavy (non-hydrogen) atoms. The summed E-state index contributed by atoms with van der Waals surface area (Å²) in [6.07, 6.45) is -4.18. The van der Waals surface area contributed by atoms with Crippen LogP contribution < -0.4 is 0 Å². The summed E-state index contributed by atoms with van der Waals surface area (Å²) < 4.78 is 51.3. The number of carbonyl (C=O) groups is 1. The maximum atomic E-state index is 13.7. The van der Waals surface area contributed by atoms with Crippen LogP contribution in [0.3, 0.4) is 0 Å². The zero-order valence-electron chi connectivity index (χ0n) is 9.26. The standard InChI is InChI=1S/C12H10F4OS/c13-10-8(11(17)7-4-5-18-6-7)2-1-3-9(10)12(14,15)16/h1-3,7H,4-6H2. The summed E-state index contributed by atoms with van der Waals surface area (Å²) in [5, 5.41) is 0. The molecule has 0 amide bonds. The van der Waals surface area contributed by atoms with Crippen LogP contribution in [0.5, 0.6) is 0 Å². The number of ketones is 1. The van der Waals surface area contributed by atoms with Crippen molar-refractivity contribution in [2.45, 2.75) is 12.6 Å². The van der Waals surface area contributed by atoms with Gasteiger partial charge in [-0.25, -0.2) is 4.39 Å². The van der Waals surface area contributed by atoms with Gasteiger partial charge in [0, 0.05) is 11.7 Å². The van der Waals surface area contributed by atoms with Gasteiger partial charge in [0.05, 0.1) is 11.1 Å². The van der Waals surface area contributed by atoms with E-state index in [0.29, 0.717) is 18.2 Å². The van der Waals surface area contributed by atoms with Crippen LogP contribution in [-0.4, -0.2) is 17.3 Å². The Labute approximate surface area is 106 Å². The summed E-state index contributed by atoms with van der Waals surface area (Å²) in [6, 6.07) is 2.84. The molecular weight excluding hydrogens is 268 g/mol. The molecule has 1 aliphatic heterocycles. The lowest BCUT2D eigenvalue weighted by Crippen LogP contribution is -2.18. The molecule has 2 rings (SSSR count). The first-order valence-electron chi connectivity index (χ1n) is 5.39. The van der Waals surface area contributed by atoms with Gasteiger partial charge in [0.2, 0.25) is 0 Å². The minimum Gasteiger partial charge on any atom is -0.294 e. The van der Waals surface area contributed by atoms with Gasteiger partial charge in [-0.2, -0.15) is 24.9 Å². The van der Waals surface area contributed by atoms with Crippen molar-refractivity contribution >= 4 is 17.5 Å². The highest BCUT2D eigenvalue weighted by atomic mass is 32.2. The first-order chi connectivity index (χ1) is 8.41. The summed E-state index contributed by atoms with van der Waals surface area (Å²) in [7, 11) is 0. The molecule has 1 heterocycles. The maximum Gasteiger partial charge on any atom is 0.419 e. The molecule has 0 aliphatic carbocycles. The maximum absolute atomic E-state index is 13.7. The molecule has 6 heteroatoms. The fourth-order valence-corrected chi connectivity index (χ4v) is 3.12. The van der Waals surface area contributed by atoms with E-state index in [4.69, 9.17) is 0 Å². The fourth-order valence-electron chi connectivity index (χ4n) is 1.90. The smallest absolute Gasteiger partial charge is 0.294 e. The second-order valence-electron chi connectivity index (χ2n) is 4.09. The molecule has 1 aromatic rings. The van der Waals surface area contributed by atoms with Gasteiger partial charge in [-0.1, -0.05) is 6.07 Å². The van der Waals surface area contributed by atoms with Crippen LogP contribution in [0.4, 0.5) is 17.6 Å². The molecule has 98 valence electrons. The number of alkyl halides is 3. The van der Waals surface area contributed by atoms with Crippen molar-refractivity contribution in [1.29, 1.82) is 0 Å². The van der Waals surface area contributed by atoms with Crippen LogP contribution in [0.15, 0.2) is 18.2 Å². The molecule has 0 radical (unpaired) electrons. The van der Waals surface area contributed by atoms with E-state index >= 15 is 0 Å². The number of carbonyl (C=O) groups excluding carboxylic acids is 1. The third-order valence-electron chi connectivity index (χ3n) is 2.87. The van der Waals surface area contributed by atoms with Crippen LogP contribution >= 0.6 is 11.8 Å². The molecule has 0 aromatic heterocycles. The summed E-state index contributed by atoms with van der Waals surface area (Å²) in [5.74, 6) is -1.01. The van der Waals surface area contributed by atoms with Gasteiger partial charge in [0.25, 0.3) is 0 Å². The van der Waals surface area contributed by atoms with Crippen molar-refractivity contribution in [2.24, 2.45) is 5.92 Å². The Balaban J connectivity index is 2.36.